The SMILES string of the molecule is CCCOc1ccc(C(=O)Oc2ccc(/C=N/NC(=O)c3ccccc3C)cc2OC)cc1. The average molecular weight is 447 g/mol. The quantitative estimate of drug-likeness (QED) is 0.221. The van der Waals surface area contributed by atoms with Crippen molar-refractivity contribution < 1.29 is 23.8 Å². The Morgan fingerprint density at radius 1 is 1.00 bits per heavy atom. The molecule has 0 unspecified atom stereocenters. The molecule has 0 saturated carbocycles. The van der Waals surface area contributed by atoms with Crippen LogP contribution in [0.25, 0.3) is 0 Å². The molecule has 0 radical (unpaired) electrons. The molecule has 170 valence electrons. The molecule has 7 heteroatoms. The number of carbonyl (C=O) groups is 2. The molecule has 1 N–H and O–H groups in total. The molecule has 0 aliphatic rings. The molecule has 0 aliphatic heterocycles. The summed E-state index contributed by atoms with van der Waals surface area (Å²) in [5.74, 6) is 0.523. The van der Waals surface area contributed by atoms with Crippen molar-refractivity contribution in [3.8, 4) is 17.2 Å². The smallest absolute Gasteiger partial charge is 0.343 e. The van der Waals surface area contributed by atoms with Crippen LogP contribution < -0.4 is 19.6 Å². The van der Waals surface area contributed by atoms with E-state index in [0.717, 1.165) is 12.0 Å². The van der Waals surface area contributed by atoms with Crippen LogP contribution in [-0.4, -0.2) is 31.8 Å². The molecule has 0 saturated heterocycles. The van der Waals surface area contributed by atoms with Crippen LogP contribution in [0.4, 0.5) is 0 Å². The zero-order valence-electron chi connectivity index (χ0n) is 18.8. The van der Waals surface area contributed by atoms with Gasteiger partial charge in [-0.05, 0) is 73.0 Å². The molecule has 3 aromatic carbocycles. The van der Waals surface area contributed by atoms with Gasteiger partial charge in [0.25, 0.3) is 5.91 Å². The van der Waals surface area contributed by atoms with Gasteiger partial charge in [-0.15, -0.1) is 0 Å². The third-order valence-electron chi connectivity index (χ3n) is 4.72. The summed E-state index contributed by atoms with van der Waals surface area (Å²) in [5, 5.41) is 4.00. The van der Waals surface area contributed by atoms with E-state index in [1.165, 1.54) is 13.3 Å². The van der Waals surface area contributed by atoms with E-state index in [9.17, 15) is 9.59 Å². The van der Waals surface area contributed by atoms with E-state index in [-0.39, 0.29) is 11.7 Å². The van der Waals surface area contributed by atoms with E-state index >= 15 is 0 Å². The first kappa shape index (κ1) is 23.5. The van der Waals surface area contributed by atoms with Crippen molar-refractivity contribution in [2.45, 2.75) is 20.3 Å². The number of aryl methyl sites for hydroxylation is 1. The number of amides is 1. The van der Waals surface area contributed by atoms with E-state index in [1.807, 2.05) is 26.0 Å². The molecule has 0 spiro atoms. The van der Waals surface area contributed by atoms with Crippen molar-refractivity contribution in [2.75, 3.05) is 13.7 Å². The summed E-state index contributed by atoms with van der Waals surface area (Å²) in [5.41, 5.74) is 4.98. The number of nitrogens with one attached hydrogen (secondary N) is 1. The topological polar surface area (TPSA) is 86.2 Å². The van der Waals surface area contributed by atoms with Gasteiger partial charge < -0.3 is 14.2 Å². The van der Waals surface area contributed by atoms with E-state index in [0.29, 0.717) is 34.8 Å². The van der Waals surface area contributed by atoms with Crippen LogP contribution >= 0.6 is 0 Å². The molecular formula is C26H26N2O5. The standard InChI is InChI=1S/C26H26N2O5/c1-4-15-32-21-12-10-20(11-13-21)26(30)33-23-14-9-19(16-24(23)31-3)17-27-28-25(29)22-8-6-5-7-18(22)2/h5-14,16-17H,4,15H2,1-3H3,(H,28,29)/b27-17+. The molecule has 3 rings (SSSR count). The van der Waals surface area contributed by atoms with Gasteiger partial charge in [0.15, 0.2) is 11.5 Å². The van der Waals surface area contributed by atoms with E-state index in [4.69, 9.17) is 14.2 Å². The third kappa shape index (κ3) is 6.43. The maximum absolute atomic E-state index is 12.5. The van der Waals surface area contributed by atoms with E-state index in [1.54, 1.807) is 54.6 Å². The van der Waals surface area contributed by atoms with Crippen LogP contribution in [0, 0.1) is 6.92 Å². The summed E-state index contributed by atoms with van der Waals surface area (Å²) in [6.45, 7) is 4.50. The number of benzene rings is 3. The minimum absolute atomic E-state index is 0.273. The Morgan fingerprint density at radius 3 is 2.45 bits per heavy atom. The van der Waals surface area contributed by atoms with E-state index < -0.39 is 5.97 Å². The number of esters is 1. The summed E-state index contributed by atoms with van der Waals surface area (Å²) in [6.07, 6.45) is 2.39. The van der Waals surface area contributed by atoms with Crippen LogP contribution in [0.15, 0.2) is 71.8 Å². The zero-order chi connectivity index (χ0) is 23.6. The number of hydrogen-bond acceptors (Lipinski definition) is 6. The Bertz CT molecular complexity index is 1140. The molecule has 0 bridgehead atoms. The predicted octanol–water partition coefficient (Wildman–Crippen LogP) is 4.78. The van der Waals surface area contributed by atoms with Gasteiger partial charge >= 0.3 is 5.97 Å². The Morgan fingerprint density at radius 2 is 1.76 bits per heavy atom. The van der Waals surface area contributed by atoms with Crippen LogP contribution in [0.3, 0.4) is 0 Å². The Labute approximate surface area is 193 Å². The molecule has 0 fully saturated rings. The predicted molar refractivity (Wildman–Crippen MR) is 126 cm³/mol. The van der Waals surface area contributed by atoms with Gasteiger partial charge in [0, 0.05) is 5.56 Å². The fraction of sp³-hybridized carbons (Fsp3) is 0.192. The van der Waals surface area contributed by atoms with Crippen LogP contribution in [-0.2, 0) is 0 Å². The van der Waals surface area contributed by atoms with Crippen molar-refractivity contribution in [3.05, 3.63) is 89.0 Å². The van der Waals surface area contributed by atoms with Crippen molar-refractivity contribution >= 4 is 18.1 Å². The number of carbonyl (C=O) groups excluding carboxylic acids is 2. The molecule has 7 nitrogen and oxygen atoms in total. The van der Waals surface area contributed by atoms with Gasteiger partial charge in [-0.2, -0.15) is 5.10 Å². The molecule has 0 aromatic heterocycles. The van der Waals surface area contributed by atoms with Gasteiger partial charge in [-0.3, -0.25) is 4.79 Å². The minimum Gasteiger partial charge on any atom is -0.494 e. The number of rotatable bonds is 9. The molecule has 0 aliphatic carbocycles. The maximum Gasteiger partial charge on any atom is 0.343 e. The van der Waals surface area contributed by atoms with Gasteiger partial charge in [0.05, 0.1) is 25.5 Å². The lowest BCUT2D eigenvalue weighted by molar-refractivity contribution is 0.0729. The van der Waals surface area contributed by atoms with Crippen molar-refractivity contribution in [2.24, 2.45) is 5.10 Å². The molecule has 33 heavy (non-hydrogen) atoms. The van der Waals surface area contributed by atoms with Crippen molar-refractivity contribution in [3.63, 3.8) is 0 Å². The van der Waals surface area contributed by atoms with Gasteiger partial charge in [-0.1, -0.05) is 25.1 Å². The highest BCUT2D eigenvalue weighted by Crippen LogP contribution is 2.28. The molecule has 0 heterocycles. The fourth-order valence-corrected chi connectivity index (χ4v) is 2.97. The van der Waals surface area contributed by atoms with E-state index in [2.05, 4.69) is 10.5 Å². The fourth-order valence-electron chi connectivity index (χ4n) is 2.97. The van der Waals surface area contributed by atoms with Crippen LogP contribution in [0.1, 0.15) is 45.2 Å². The zero-order valence-corrected chi connectivity index (χ0v) is 18.8. The summed E-state index contributed by atoms with van der Waals surface area (Å²) in [6, 6.07) is 19.0. The minimum atomic E-state index is -0.512. The highest BCUT2D eigenvalue weighted by Gasteiger charge is 2.13. The molecule has 1 amide bonds. The number of hydrazone groups is 1. The monoisotopic (exact) mass is 446 g/mol. The summed E-state index contributed by atoms with van der Waals surface area (Å²) in [4.78, 5) is 24.8. The lowest BCUT2D eigenvalue weighted by atomic mass is 10.1. The molecular weight excluding hydrogens is 420 g/mol. The van der Waals surface area contributed by atoms with Gasteiger partial charge in [0.1, 0.15) is 5.75 Å². The summed E-state index contributed by atoms with van der Waals surface area (Å²) < 4.78 is 16.4. The second-order valence-corrected chi connectivity index (χ2v) is 7.19. The average Bonchev–Trinajstić information content (AvgIpc) is 2.84. The Hall–Kier alpha value is -4.13. The Balaban J connectivity index is 1.64. The first-order valence-corrected chi connectivity index (χ1v) is 10.5. The number of nitrogens with zero attached hydrogens (tertiary/aromatic N) is 1. The highest BCUT2D eigenvalue weighted by molar-refractivity contribution is 5.96. The molecule has 0 atom stereocenters. The van der Waals surface area contributed by atoms with Crippen LogP contribution in [0.5, 0.6) is 17.2 Å². The first-order chi connectivity index (χ1) is 16.0. The number of ether oxygens (including phenoxy) is 3. The molecule has 3 aromatic rings. The van der Waals surface area contributed by atoms with Crippen LogP contribution in [0.2, 0.25) is 0 Å². The first-order valence-electron chi connectivity index (χ1n) is 10.5. The van der Waals surface area contributed by atoms with Gasteiger partial charge in [0.2, 0.25) is 0 Å². The normalized spacial score (nSPS) is 10.6. The lowest BCUT2D eigenvalue weighted by Crippen LogP contribution is -2.18. The second kappa shape index (κ2) is 11.5. The number of hydrogen-bond donors (Lipinski definition) is 1. The second-order valence-electron chi connectivity index (χ2n) is 7.19. The maximum atomic E-state index is 12.5. The van der Waals surface area contributed by atoms with Gasteiger partial charge in [-0.25, -0.2) is 10.2 Å². The van der Waals surface area contributed by atoms with Crippen molar-refractivity contribution in [1.29, 1.82) is 0 Å². The Kier molecular flexibility index (Phi) is 8.18. The number of methoxy groups -OCH3 is 1. The third-order valence-corrected chi connectivity index (χ3v) is 4.72. The highest BCUT2D eigenvalue weighted by atomic mass is 16.6. The lowest BCUT2D eigenvalue weighted by Gasteiger charge is -2.10. The van der Waals surface area contributed by atoms with Crippen molar-refractivity contribution in [1.82, 2.24) is 5.43 Å². The largest absolute Gasteiger partial charge is 0.494 e. The summed E-state index contributed by atoms with van der Waals surface area (Å²) >= 11 is 0. The summed E-state index contributed by atoms with van der Waals surface area (Å²) in [7, 11) is 1.48.